The Bertz CT molecular complexity index is 880. The van der Waals surface area contributed by atoms with Crippen LogP contribution in [-0.2, 0) is 32.7 Å². The molecule has 174 valence electrons. The van der Waals surface area contributed by atoms with Gasteiger partial charge < -0.3 is 14.4 Å². The molecule has 0 amide bonds. The van der Waals surface area contributed by atoms with Gasteiger partial charge in [-0.1, -0.05) is 50.9 Å². The van der Waals surface area contributed by atoms with E-state index >= 15 is 0 Å². The van der Waals surface area contributed by atoms with Gasteiger partial charge in [-0.3, -0.25) is 18.6 Å². The van der Waals surface area contributed by atoms with E-state index in [0.717, 1.165) is 6.42 Å². The maximum atomic E-state index is 12.0. The smallest absolute Gasteiger partial charge is 0.461 e. The third-order valence-electron chi connectivity index (χ3n) is 3.20. The maximum absolute atomic E-state index is 12.0. The van der Waals surface area contributed by atoms with E-state index in [1.807, 2.05) is 20.8 Å². The van der Waals surface area contributed by atoms with Gasteiger partial charge in [0.25, 0.3) is 0 Å². The second kappa shape index (κ2) is 19.0. The molecule has 0 aromatic carbocycles. The highest BCUT2D eigenvalue weighted by molar-refractivity contribution is 7.47. The molecule has 0 heterocycles. The van der Waals surface area contributed by atoms with Crippen LogP contribution < -0.4 is 0 Å². The molecule has 0 aromatic heterocycles. The van der Waals surface area contributed by atoms with Crippen molar-refractivity contribution in [3.05, 3.63) is 0 Å². The van der Waals surface area contributed by atoms with Crippen molar-refractivity contribution in [1.82, 2.24) is 0 Å². The van der Waals surface area contributed by atoms with Crippen LogP contribution in [0.2, 0.25) is 0 Å². The van der Waals surface area contributed by atoms with Gasteiger partial charge in [0.15, 0.2) is 6.10 Å². The van der Waals surface area contributed by atoms with Crippen molar-refractivity contribution in [2.45, 2.75) is 65.4 Å². The van der Waals surface area contributed by atoms with Crippen molar-refractivity contribution in [2.75, 3.05) is 19.8 Å². The van der Waals surface area contributed by atoms with Crippen molar-refractivity contribution >= 4 is 19.8 Å². The molecule has 0 aliphatic rings. The number of phosphoric ester groups is 1. The van der Waals surface area contributed by atoms with Gasteiger partial charge in [0.1, 0.15) is 19.4 Å². The SMILES string of the molecule is CCC#CC#CCC(=O)OCC(COP(=O)(O)OCCCC)OC(=O)CC#CC#CCC. The summed E-state index contributed by atoms with van der Waals surface area (Å²) in [5.41, 5.74) is 0. The molecule has 1 N–H and O–H groups in total. The first kappa shape index (κ1) is 29.3. The van der Waals surface area contributed by atoms with E-state index in [9.17, 15) is 19.0 Å². The minimum absolute atomic E-state index is 0.0394. The number of ether oxygens (including phenoxy) is 2. The van der Waals surface area contributed by atoms with Gasteiger partial charge >= 0.3 is 19.8 Å². The Morgan fingerprint density at radius 3 is 1.97 bits per heavy atom. The Balaban J connectivity index is 4.87. The Morgan fingerprint density at radius 2 is 1.41 bits per heavy atom. The summed E-state index contributed by atoms with van der Waals surface area (Å²) in [4.78, 5) is 33.5. The number of phosphoric acid groups is 1. The lowest BCUT2D eigenvalue weighted by Gasteiger charge is -2.19. The number of esters is 2. The molecular formula is C23H29O8P. The molecule has 0 spiro atoms. The lowest BCUT2D eigenvalue weighted by Crippen LogP contribution is -2.29. The zero-order valence-electron chi connectivity index (χ0n) is 18.7. The molecule has 0 radical (unpaired) electrons. The lowest BCUT2D eigenvalue weighted by molar-refractivity contribution is -0.159. The number of carbonyl (C=O) groups excluding carboxylic acids is 2. The standard InChI is InChI=1S/C23H29O8P/c1-4-7-10-12-14-16-22(24)28-19-21(20-30-32(26,27)29-18-9-6-3)31-23(25)17-15-13-11-8-5-2/h21H,4-6,9,16-20H2,1-3H3,(H,26,27). The Morgan fingerprint density at radius 1 is 0.844 bits per heavy atom. The summed E-state index contributed by atoms with van der Waals surface area (Å²) in [7, 11) is -4.34. The molecule has 0 aliphatic carbocycles. The van der Waals surface area contributed by atoms with E-state index in [4.69, 9.17) is 18.5 Å². The van der Waals surface area contributed by atoms with E-state index in [-0.39, 0.29) is 19.4 Å². The fourth-order valence-electron chi connectivity index (χ4n) is 1.71. The van der Waals surface area contributed by atoms with Crippen LogP contribution in [-0.4, -0.2) is 42.8 Å². The maximum Gasteiger partial charge on any atom is 0.472 e. The molecule has 0 rings (SSSR count). The summed E-state index contributed by atoms with van der Waals surface area (Å²) < 4.78 is 31.8. The van der Waals surface area contributed by atoms with Crippen molar-refractivity contribution in [3.8, 4) is 47.4 Å². The topological polar surface area (TPSA) is 108 Å². The first-order chi connectivity index (χ1) is 15.3. The molecule has 32 heavy (non-hydrogen) atoms. The van der Waals surface area contributed by atoms with E-state index in [1.54, 1.807) is 0 Å². The summed E-state index contributed by atoms with van der Waals surface area (Å²) in [5.74, 6) is 19.3. The van der Waals surface area contributed by atoms with Gasteiger partial charge in [0.2, 0.25) is 0 Å². The van der Waals surface area contributed by atoms with Crippen LogP contribution in [0.15, 0.2) is 0 Å². The molecule has 2 atom stereocenters. The Kier molecular flexibility index (Phi) is 17.4. The molecule has 2 unspecified atom stereocenters. The molecule has 0 saturated carbocycles. The monoisotopic (exact) mass is 464 g/mol. The van der Waals surface area contributed by atoms with Crippen molar-refractivity contribution in [1.29, 1.82) is 0 Å². The van der Waals surface area contributed by atoms with Gasteiger partial charge in [0, 0.05) is 12.8 Å². The molecule has 9 heteroatoms. The average molecular weight is 464 g/mol. The molecule has 0 aliphatic heterocycles. The fourth-order valence-corrected chi connectivity index (χ4v) is 2.49. The average Bonchev–Trinajstić information content (AvgIpc) is 2.75. The van der Waals surface area contributed by atoms with E-state index in [2.05, 4.69) is 47.4 Å². The zero-order chi connectivity index (χ0) is 24.1. The second-order valence-corrected chi connectivity index (χ2v) is 7.47. The molecule has 0 bridgehead atoms. The third kappa shape index (κ3) is 18.1. The van der Waals surface area contributed by atoms with Gasteiger partial charge in [-0.15, -0.1) is 0 Å². The zero-order valence-corrected chi connectivity index (χ0v) is 19.6. The first-order valence-corrected chi connectivity index (χ1v) is 11.7. The van der Waals surface area contributed by atoms with Crippen LogP contribution in [0.5, 0.6) is 0 Å². The lowest BCUT2D eigenvalue weighted by atomic mass is 10.3. The highest BCUT2D eigenvalue weighted by Gasteiger charge is 2.25. The predicted octanol–water partition coefficient (Wildman–Crippen LogP) is 2.99. The van der Waals surface area contributed by atoms with Crippen molar-refractivity contribution in [2.24, 2.45) is 0 Å². The van der Waals surface area contributed by atoms with Crippen molar-refractivity contribution < 1.29 is 37.6 Å². The summed E-state index contributed by atoms with van der Waals surface area (Å²) in [6, 6.07) is 0. The van der Waals surface area contributed by atoms with Gasteiger partial charge in [-0.25, -0.2) is 4.57 Å². The predicted molar refractivity (Wildman–Crippen MR) is 118 cm³/mol. The second-order valence-electron chi connectivity index (χ2n) is 6.01. The largest absolute Gasteiger partial charge is 0.472 e. The van der Waals surface area contributed by atoms with Gasteiger partial charge in [-0.2, -0.15) is 0 Å². The Hall–Kier alpha value is -2.71. The minimum atomic E-state index is -4.34. The van der Waals surface area contributed by atoms with Crippen LogP contribution in [0, 0.1) is 47.4 Å². The van der Waals surface area contributed by atoms with E-state index in [1.165, 1.54) is 0 Å². The van der Waals surface area contributed by atoms with E-state index in [0.29, 0.717) is 19.3 Å². The summed E-state index contributed by atoms with van der Waals surface area (Å²) in [6.45, 7) is 4.76. The summed E-state index contributed by atoms with van der Waals surface area (Å²) in [6.07, 6.45) is 1.03. The highest BCUT2D eigenvalue weighted by Crippen LogP contribution is 2.43. The molecule has 8 nitrogen and oxygen atoms in total. The number of hydrogen-bond acceptors (Lipinski definition) is 7. The third-order valence-corrected chi connectivity index (χ3v) is 4.19. The van der Waals surface area contributed by atoms with Crippen LogP contribution in [0.25, 0.3) is 0 Å². The van der Waals surface area contributed by atoms with Gasteiger partial charge in [-0.05, 0) is 30.1 Å². The number of carbonyl (C=O) groups is 2. The van der Waals surface area contributed by atoms with E-state index < -0.39 is 39.1 Å². The van der Waals surface area contributed by atoms with Gasteiger partial charge in [0.05, 0.1) is 13.2 Å². The molecular weight excluding hydrogens is 435 g/mol. The molecule has 0 fully saturated rings. The summed E-state index contributed by atoms with van der Waals surface area (Å²) in [5, 5.41) is 0. The van der Waals surface area contributed by atoms with Crippen LogP contribution >= 0.6 is 7.82 Å². The highest BCUT2D eigenvalue weighted by atomic mass is 31.2. The number of rotatable bonds is 12. The molecule has 0 aromatic rings. The van der Waals surface area contributed by atoms with Crippen molar-refractivity contribution in [3.63, 3.8) is 0 Å². The minimum Gasteiger partial charge on any atom is -0.461 e. The fraction of sp³-hybridized carbons (Fsp3) is 0.565. The summed E-state index contributed by atoms with van der Waals surface area (Å²) >= 11 is 0. The first-order valence-electron chi connectivity index (χ1n) is 10.2. The number of unbranched alkanes of at least 4 members (excludes halogenated alkanes) is 1. The van der Waals surface area contributed by atoms with Crippen LogP contribution in [0.1, 0.15) is 59.3 Å². The number of hydrogen-bond donors (Lipinski definition) is 1. The molecule has 0 saturated heterocycles. The van der Waals surface area contributed by atoms with Crippen LogP contribution in [0.3, 0.4) is 0 Å². The normalized spacial score (nSPS) is 12.0. The van der Waals surface area contributed by atoms with Crippen LogP contribution in [0.4, 0.5) is 0 Å². The quantitative estimate of drug-likeness (QED) is 0.203. The Labute approximate surface area is 190 Å².